The quantitative estimate of drug-likeness (QED) is 0.911. The highest BCUT2D eigenvalue weighted by atomic mass is 35.5. The first-order chi connectivity index (χ1) is 8.11. The molecule has 1 atom stereocenters. The molecule has 17 heavy (non-hydrogen) atoms. The number of aromatic nitrogens is 2. The summed E-state index contributed by atoms with van der Waals surface area (Å²) in [6, 6.07) is 4.39. The van der Waals surface area contributed by atoms with E-state index in [4.69, 9.17) is 11.6 Å². The molecule has 1 unspecified atom stereocenters. The van der Waals surface area contributed by atoms with Crippen LogP contribution >= 0.6 is 11.6 Å². The molecule has 1 aromatic heterocycles. The van der Waals surface area contributed by atoms with Gasteiger partial charge < -0.3 is 9.88 Å². The van der Waals surface area contributed by atoms with E-state index in [1.165, 1.54) is 6.07 Å². The smallest absolute Gasteiger partial charge is 0.129 e. The Morgan fingerprint density at radius 1 is 1.47 bits per heavy atom. The van der Waals surface area contributed by atoms with Crippen molar-refractivity contribution in [2.45, 2.75) is 6.04 Å². The lowest BCUT2D eigenvalue weighted by Crippen LogP contribution is -2.19. The molecule has 0 bridgehead atoms. The minimum atomic E-state index is -0.331. The summed E-state index contributed by atoms with van der Waals surface area (Å²) in [6.07, 6.45) is 3.54. The van der Waals surface area contributed by atoms with Gasteiger partial charge in [-0.1, -0.05) is 17.7 Å². The first-order valence-corrected chi connectivity index (χ1v) is 5.59. The molecule has 1 heterocycles. The molecule has 0 amide bonds. The van der Waals surface area contributed by atoms with Gasteiger partial charge in [-0.15, -0.1) is 0 Å². The highest BCUT2D eigenvalue weighted by Crippen LogP contribution is 2.24. The van der Waals surface area contributed by atoms with E-state index in [2.05, 4.69) is 10.3 Å². The van der Waals surface area contributed by atoms with E-state index in [1.807, 2.05) is 17.8 Å². The molecule has 0 aliphatic carbocycles. The van der Waals surface area contributed by atoms with Crippen LogP contribution in [0, 0.1) is 5.82 Å². The molecule has 0 saturated heterocycles. The molecule has 0 spiro atoms. The average Bonchev–Trinajstić information content (AvgIpc) is 2.69. The Morgan fingerprint density at radius 2 is 2.24 bits per heavy atom. The molecule has 3 nitrogen and oxygen atoms in total. The lowest BCUT2D eigenvalue weighted by atomic mass is 10.0. The van der Waals surface area contributed by atoms with Crippen molar-refractivity contribution in [2.24, 2.45) is 7.05 Å². The number of hydrogen-bond acceptors (Lipinski definition) is 2. The van der Waals surface area contributed by atoms with Crippen LogP contribution in [0.2, 0.25) is 5.02 Å². The Balaban J connectivity index is 2.42. The fraction of sp³-hybridized carbons (Fsp3) is 0.250. The third kappa shape index (κ3) is 2.48. The van der Waals surface area contributed by atoms with E-state index >= 15 is 0 Å². The van der Waals surface area contributed by atoms with Gasteiger partial charge in [-0.05, 0) is 19.2 Å². The number of aryl methyl sites for hydroxylation is 1. The maximum absolute atomic E-state index is 13.8. The van der Waals surface area contributed by atoms with E-state index in [0.29, 0.717) is 10.6 Å². The van der Waals surface area contributed by atoms with Crippen LogP contribution < -0.4 is 5.32 Å². The Labute approximate surface area is 104 Å². The van der Waals surface area contributed by atoms with Gasteiger partial charge in [0.1, 0.15) is 5.82 Å². The minimum Gasteiger partial charge on any atom is -0.340 e. The molecule has 0 fully saturated rings. The maximum Gasteiger partial charge on any atom is 0.129 e. The van der Waals surface area contributed by atoms with E-state index in [9.17, 15) is 4.39 Å². The Kier molecular flexibility index (Phi) is 3.45. The summed E-state index contributed by atoms with van der Waals surface area (Å²) in [4.78, 5) is 4.23. The van der Waals surface area contributed by atoms with Crippen molar-refractivity contribution in [1.82, 2.24) is 14.9 Å². The Bertz CT molecular complexity index is 524. The van der Waals surface area contributed by atoms with Gasteiger partial charge in [0, 0.05) is 23.8 Å². The summed E-state index contributed by atoms with van der Waals surface area (Å²) < 4.78 is 15.6. The zero-order valence-corrected chi connectivity index (χ0v) is 10.4. The van der Waals surface area contributed by atoms with Crippen molar-refractivity contribution in [3.05, 3.63) is 52.8 Å². The molecule has 1 N–H and O–H groups in total. The number of rotatable bonds is 3. The third-order valence-corrected chi connectivity index (χ3v) is 2.82. The van der Waals surface area contributed by atoms with Gasteiger partial charge in [0.05, 0.1) is 18.1 Å². The van der Waals surface area contributed by atoms with Crippen molar-refractivity contribution in [2.75, 3.05) is 7.05 Å². The van der Waals surface area contributed by atoms with Crippen molar-refractivity contribution < 1.29 is 4.39 Å². The standard InChI is InChI=1S/C12H13ClFN3/c1-15-12(11-6-17(2)7-16-11)9-4-3-8(13)5-10(9)14/h3-7,12,15H,1-2H3. The summed E-state index contributed by atoms with van der Waals surface area (Å²) in [5, 5.41) is 3.44. The Morgan fingerprint density at radius 3 is 2.76 bits per heavy atom. The molecule has 1 aromatic carbocycles. The average molecular weight is 254 g/mol. The summed E-state index contributed by atoms with van der Waals surface area (Å²) in [7, 11) is 3.65. The highest BCUT2D eigenvalue weighted by molar-refractivity contribution is 6.30. The predicted octanol–water partition coefficient (Wildman–Crippen LogP) is 2.52. The Hall–Kier alpha value is -1.39. The van der Waals surface area contributed by atoms with Gasteiger partial charge in [0.25, 0.3) is 0 Å². The number of halogens is 2. The molecule has 90 valence electrons. The fourth-order valence-corrected chi connectivity index (χ4v) is 1.94. The van der Waals surface area contributed by atoms with Crippen molar-refractivity contribution in [3.63, 3.8) is 0 Å². The summed E-state index contributed by atoms with van der Waals surface area (Å²) in [6.45, 7) is 0. The molecular weight excluding hydrogens is 241 g/mol. The number of imidazole rings is 1. The van der Waals surface area contributed by atoms with Gasteiger partial charge in [0.15, 0.2) is 0 Å². The highest BCUT2D eigenvalue weighted by Gasteiger charge is 2.18. The SMILES string of the molecule is CNC(c1cn(C)cn1)c1ccc(Cl)cc1F. The summed E-state index contributed by atoms with van der Waals surface area (Å²) >= 11 is 5.73. The molecule has 0 aliphatic rings. The van der Waals surface area contributed by atoms with Gasteiger partial charge in [-0.2, -0.15) is 0 Å². The maximum atomic E-state index is 13.8. The largest absolute Gasteiger partial charge is 0.340 e. The minimum absolute atomic E-state index is 0.270. The van der Waals surface area contributed by atoms with Crippen LogP contribution in [0.3, 0.4) is 0 Å². The topological polar surface area (TPSA) is 29.9 Å². The van der Waals surface area contributed by atoms with E-state index in [1.54, 1.807) is 25.5 Å². The fourth-order valence-electron chi connectivity index (χ4n) is 1.78. The van der Waals surface area contributed by atoms with Crippen molar-refractivity contribution >= 4 is 11.6 Å². The predicted molar refractivity (Wildman–Crippen MR) is 65.5 cm³/mol. The van der Waals surface area contributed by atoms with Gasteiger partial charge >= 0.3 is 0 Å². The van der Waals surface area contributed by atoms with Crippen LogP contribution in [-0.4, -0.2) is 16.6 Å². The molecule has 2 aromatic rings. The molecule has 5 heteroatoms. The number of nitrogens with zero attached hydrogens (tertiary/aromatic N) is 2. The van der Waals surface area contributed by atoms with E-state index in [-0.39, 0.29) is 11.9 Å². The first kappa shape index (κ1) is 12.1. The monoisotopic (exact) mass is 253 g/mol. The van der Waals surface area contributed by atoms with Gasteiger partial charge in [0.2, 0.25) is 0 Å². The van der Waals surface area contributed by atoms with Crippen LogP contribution in [0.25, 0.3) is 0 Å². The lowest BCUT2D eigenvalue weighted by molar-refractivity contribution is 0.571. The summed E-state index contributed by atoms with van der Waals surface area (Å²) in [5.41, 5.74) is 1.31. The molecular formula is C12H13ClFN3. The number of hydrogen-bond donors (Lipinski definition) is 1. The molecule has 0 aliphatic heterocycles. The normalized spacial score (nSPS) is 12.7. The van der Waals surface area contributed by atoms with Crippen LogP contribution in [0.15, 0.2) is 30.7 Å². The molecule has 2 rings (SSSR count). The number of benzene rings is 1. The summed E-state index contributed by atoms with van der Waals surface area (Å²) in [5.74, 6) is -0.331. The molecule has 0 saturated carbocycles. The number of nitrogens with one attached hydrogen (secondary N) is 1. The first-order valence-electron chi connectivity index (χ1n) is 5.22. The van der Waals surface area contributed by atoms with Crippen molar-refractivity contribution in [3.8, 4) is 0 Å². The second kappa shape index (κ2) is 4.85. The zero-order chi connectivity index (χ0) is 12.4. The van der Waals surface area contributed by atoms with Crippen LogP contribution in [-0.2, 0) is 7.05 Å². The molecule has 0 radical (unpaired) electrons. The van der Waals surface area contributed by atoms with E-state index < -0.39 is 0 Å². The van der Waals surface area contributed by atoms with Gasteiger partial charge in [-0.3, -0.25) is 0 Å². The van der Waals surface area contributed by atoms with Crippen LogP contribution in [0.5, 0.6) is 0 Å². The van der Waals surface area contributed by atoms with E-state index in [0.717, 1.165) is 5.69 Å². The third-order valence-electron chi connectivity index (χ3n) is 2.58. The zero-order valence-electron chi connectivity index (χ0n) is 9.61. The van der Waals surface area contributed by atoms with Crippen molar-refractivity contribution in [1.29, 1.82) is 0 Å². The van der Waals surface area contributed by atoms with Crippen LogP contribution in [0.1, 0.15) is 17.3 Å². The van der Waals surface area contributed by atoms with Gasteiger partial charge in [-0.25, -0.2) is 9.37 Å². The second-order valence-corrected chi connectivity index (χ2v) is 4.29. The van der Waals surface area contributed by atoms with Crippen LogP contribution in [0.4, 0.5) is 4.39 Å². The second-order valence-electron chi connectivity index (χ2n) is 3.85. The lowest BCUT2D eigenvalue weighted by Gasteiger charge is -2.15.